The van der Waals surface area contributed by atoms with Gasteiger partial charge in [-0.15, -0.1) is 0 Å². The number of rotatable bonds is 3. The molecule has 0 bridgehead atoms. The fourth-order valence-corrected chi connectivity index (χ4v) is 4.03. The first-order chi connectivity index (χ1) is 14.8. The van der Waals surface area contributed by atoms with Crippen LogP contribution in [0.1, 0.15) is 31.9 Å². The quantitative estimate of drug-likeness (QED) is 0.617. The summed E-state index contributed by atoms with van der Waals surface area (Å²) in [4.78, 5) is 4.78. The largest absolute Gasteiger partial charge is 0.493 e. The molecular formula is C26H26N2O3. The van der Waals surface area contributed by atoms with E-state index in [1.54, 1.807) is 0 Å². The maximum atomic E-state index is 6.27. The van der Waals surface area contributed by atoms with E-state index in [2.05, 4.69) is 45.0 Å². The Balaban J connectivity index is 1.63. The molecule has 158 valence electrons. The number of hydrogen-bond acceptors (Lipinski definition) is 5. The van der Waals surface area contributed by atoms with E-state index in [0.717, 1.165) is 39.5 Å². The van der Waals surface area contributed by atoms with Gasteiger partial charge in [0.2, 0.25) is 0 Å². The zero-order valence-corrected chi connectivity index (χ0v) is 18.0. The second kappa shape index (κ2) is 7.05. The number of nitrogens with zero attached hydrogens (tertiary/aromatic N) is 1. The van der Waals surface area contributed by atoms with Crippen LogP contribution in [-0.4, -0.2) is 19.2 Å². The van der Waals surface area contributed by atoms with E-state index in [0.29, 0.717) is 13.2 Å². The number of ether oxygens (including phenoxy) is 3. The summed E-state index contributed by atoms with van der Waals surface area (Å²) in [5, 5.41) is 0. The normalized spacial score (nSPS) is 19.1. The molecule has 3 aromatic rings. The van der Waals surface area contributed by atoms with Crippen molar-refractivity contribution < 1.29 is 14.2 Å². The summed E-state index contributed by atoms with van der Waals surface area (Å²) < 4.78 is 18.0. The first-order valence-corrected chi connectivity index (χ1v) is 10.5. The zero-order chi connectivity index (χ0) is 21.6. The van der Waals surface area contributed by atoms with Crippen LogP contribution in [0.15, 0.2) is 71.7 Å². The van der Waals surface area contributed by atoms with Crippen LogP contribution in [-0.2, 0) is 10.3 Å². The summed E-state index contributed by atoms with van der Waals surface area (Å²) in [5.41, 5.74) is 9.36. The van der Waals surface area contributed by atoms with Crippen LogP contribution < -0.4 is 15.2 Å². The summed E-state index contributed by atoms with van der Waals surface area (Å²) in [6.07, 6.45) is 0. The van der Waals surface area contributed by atoms with E-state index >= 15 is 0 Å². The van der Waals surface area contributed by atoms with Gasteiger partial charge in [-0.25, -0.2) is 4.99 Å². The fourth-order valence-electron chi connectivity index (χ4n) is 4.03. The van der Waals surface area contributed by atoms with Gasteiger partial charge in [-0.3, -0.25) is 0 Å². The number of fused-ring (bicyclic) bond motifs is 4. The van der Waals surface area contributed by atoms with Crippen molar-refractivity contribution in [1.29, 1.82) is 0 Å². The highest BCUT2D eigenvalue weighted by Gasteiger charge is 2.47. The summed E-state index contributed by atoms with van der Waals surface area (Å²) in [5.74, 6) is 2.28. The molecule has 3 aromatic carbocycles. The maximum Gasteiger partial charge on any atom is 0.283 e. The standard InChI is InChI=1S/C26H26N2O3/c1-25(2,3)15-29-19-10-12-23-21(14-19)26(16-30-24(27)28-26)20-13-18(9-11-22(20)31-23)17-7-5-4-6-8-17/h4-14H,15-16H2,1-3H3,(H2,27,28)/t26-/m0/s1. The Hall–Kier alpha value is -3.47. The van der Waals surface area contributed by atoms with Crippen molar-refractivity contribution in [2.75, 3.05) is 13.2 Å². The van der Waals surface area contributed by atoms with Crippen molar-refractivity contribution in [3.05, 3.63) is 77.9 Å². The van der Waals surface area contributed by atoms with Crippen molar-refractivity contribution in [3.8, 4) is 28.4 Å². The average Bonchev–Trinajstić information content (AvgIpc) is 3.15. The molecule has 0 saturated carbocycles. The molecular weight excluding hydrogens is 388 g/mol. The van der Waals surface area contributed by atoms with Gasteiger partial charge in [0.05, 0.1) is 6.61 Å². The molecule has 0 unspecified atom stereocenters. The first-order valence-electron chi connectivity index (χ1n) is 10.5. The molecule has 1 spiro atoms. The van der Waals surface area contributed by atoms with Gasteiger partial charge in [0.15, 0.2) is 5.54 Å². The number of amidine groups is 1. The van der Waals surface area contributed by atoms with Crippen molar-refractivity contribution in [1.82, 2.24) is 0 Å². The van der Waals surface area contributed by atoms with E-state index in [-0.39, 0.29) is 11.4 Å². The minimum Gasteiger partial charge on any atom is -0.493 e. The third-order valence-corrected chi connectivity index (χ3v) is 5.55. The number of benzene rings is 3. The van der Waals surface area contributed by atoms with Crippen molar-refractivity contribution >= 4 is 6.02 Å². The first kappa shape index (κ1) is 19.5. The van der Waals surface area contributed by atoms with Gasteiger partial charge in [-0.05, 0) is 46.9 Å². The van der Waals surface area contributed by atoms with Gasteiger partial charge in [0, 0.05) is 11.1 Å². The fraction of sp³-hybridized carbons (Fsp3) is 0.269. The predicted octanol–water partition coefficient (Wildman–Crippen LogP) is 5.47. The number of nitrogens with two attached hydrogens (primary N) is 1. The minimum absolute atomic E-state index is 0.0559. The van der Waals surface area contributed by atoms with Gasteiger partial charge in [0.1, 0.15) is 23.9 Å². The van der Waals surface area contributed by atoms with Gasteiger partial charge in [0.25, 0.3) is 6.02 Å². The lowest BCUT2D eigenvalue weighted by Gasteiger charge is -2.34. The molecule has 31 heavy (non-hydrogen) atoms. The van der Waals surface area contributed by atoms with E-state index in [4.69, 9.17) is 24.9 Å². The van der Waals surface area contributed by atoms with E-state index in [1.165, 1.54) is 0 Å². The van der Waals surface area contributed by atoms with Gasteiger partial charge in [-0.2, -0.15) is 0 Å². The Morgan fingerprint density at radius 1 is 0.935 bits per heavy atom. The Morgan fingerprint density at radius 3 is 2.32 bits per heavy atom. The van der Waals surface area contributed by atoms with Gasteiger partial charge >= 0.3 is 0 Å². The lowest BCUT2D eigenvalue weighted by atomic mass is 9.80. The molecule has 1 atom stereocenters. The molecule has 5 rings (SSSR count). The second-order valence-corrected chi connectivity index (χ2v) is 9.29. The predicted molar refractivity (Wildman–Crippen MR) is 122 cm³/mol. The Bertz CT molecular complexity index is 1170. The maximum absolute atomic E-state index is 6.27. The molecule has 2 aliphatic rings. The Labute approximate surface area is 182 Å². The molecule has 2 N–H and O–H groups in total. The van der Waals surface area contributed by atoms with Crippen molar-refractivity contribution in [2.24, 2.45) is 16.1 Å². The van der Waals surface area contributed by atoms with Crippen LogP contribution >= 0.6 is 0 Å². The highest BCUT2D eigenvalue weighted by Crippen LogP contribution is 2.52. The molecule has 0 amide bonds. The summed E-state index contributed by atoms with van der Waals surface area (Å²) in [6, 6.07) is 22.5. The van der Waals surface area contributed by atoms with Crippen LogP contribution in [0.2, 0.25) is 0 Å². The topological polar surface area (TPSA) is 66.1 Å². The molecule has 2 heterocycles. The van der Waals surface area contributed by atoms with Crippen LogP contribution in [0.5, 0.6) is 17.2 Å². The molecule has 0 radical (unpaired) electrons. The zero-order valence-electron chi connectivity index (χ0n) is 18.0. The summed E-state index contributed by atoms with van der Waals surface area (Å²) in [6.45, 7) is 7.37. The average molecular weight is 415 g/mol. The second-order valence-electron chi connectivity index (χ2n) is 9.29. The summed E-state index contributed by atoms with van der Waals surface area (Å²) >= 11 is 0. The number of aliphatic imine (C=N–C) groups is 1. The van der Waals surface area contributed by atoms with Crippen LogP contribution in [0.3, 0.4) is 0 Å². The minimum atomic E-state index is -0.765. The van der Waals surface area contributed by atoms with E-state index in [9.17, 15) is 0 Å². The molecule has 5 heteroatoms. The molecule has 5 nitrogen and oxygen atoms in total. The SMILES string of the molecule is CC(C)(C)COc1ccc2c(c1)[C@]1(COC(N)=N1)c1cc(-c3ccccc3)ccc1O2. The lowest BCUT2D eigenvalue weighted by Crippen LogP contribution is -2.31. The highest BCUT2D eigenvalue weighted by molar-refractivity contribution is 5.78. The molecule has 0 saturated heterocycles. The smallest absolute Gasteiger partial charge is 0.283 e. The third kappa shape index (κ3) is 3.50. The molecule has 0 fully saturated rings. The van der Waals surface area contributed by atoms with Gasteiger partial charge in [-0.1, -0.05) is 57.2 Å². The van der Waals surface area contributed by atoms with Crippen molar-refractivity contribution in [3.63, 3.8) is 0 Å². The molecule has 0 aromatic heterocycles. The van der Waals surface area contributed by atoms with Crippen LogP contribution in [0.4, 0.5) is 0 Å². The number of hydrogen-bond donors (Lipinski definition) is 1. The van der Waals surface area contributed by atoms with Gasteiger partial charge < -0.3 is 19.9 Å². The third-order valence-electron chi connectivity index (χ3n) is 5.55. The Morgan fingerprint density at radius 2 is 1.65 bits per heavy atom. The van der Waals surface area contributed by atoms with Crippen LogP contribution in [0.25, 0.3) is 11.1 Å². The molecule has 0 aliphatic carbocycles. The lowest BCUT2D eigenvalue weighted by molar-refractivity contribution is 0.197. The van der Waals surface area contributed by atoms with Crippen molar-refractivity contribution in [2.45, 2.75) is 26.3 Å². The summed E-state index contributed by atoms with van der Waals surface area (Å²) in [7, 11) is 0. The highest BCUT2D eigenvalue weighted by atomic mass is 16.5. The van der Waals surface area contributed by atoms with Crippen LogP contribution in [0, 0.1) is 5.41 Å². The van der Waals surface area contributed by atoms with E-state index < -0.39 is 5.54 Å². The Kier molecular flexibility index (Phi) is 4.43. The van der Waals surface area contributed by atoms with E-state index in [1.807, 2.05) is 42.5 Å². The molecule has 2 aliphatic heterocycles. The monoisotopic (exact) mass is 414 g/mol.